The fraction of sp³-hybridized carbons (Fsp3) is 0.485. The summed E-state index contributed by atoms with van der Waals surface area (Å²) in [5, 5.41) is 0. The van der Waals surface area contributed by atoms with Gasteiger partial charge in [-0.25, -0.2) is 8.78 Å². The second kappa shape index (κ2) is 12.6. The van der Waals surface area contributed by atoms with Crippen molar-refractivity contribution in [3.63, 3.8) is 0 Å². The van der Waals surface area contributed by atoms with Gasteiger partial charge in [-0.05, 0) is 82.5 Å². The minimum absolute atomic E-state index is 0.0348. The van der Waals surface area contributed by atoms with E-state index in [1.54, 1.807) is 19.1 Å². The normalized spacial score (nSPS) is 11.7. The molecule has 1 nitrogen and oxygen atoms in total. The predicted octanol–water partition coefficient (Wildman–Crippen LogP) is 9.80. The zero-order chi connectivity index (χ0) is 27.9. The minimum Gasteiger partial charge on any atom is -0.261 e. The molecule has 0 radical (unpaired) electrons. The van der Waals surface area contributed by atoms with Gasteiger partial charge in [0.1, 0.15) is 11.6 Å². The average molecular weight is 496 g/mol. The molecule has 0 saturated carbocycles. The lowest BCUT2D eigenvalue weighted by molar-refractivity contribution is 0.567. The molecule has 0 aliphatic heterocycles. The molecule has 3 aromatic rings. The maximum atomic E-state index is 13.4. The second-order valence-corrected chi connectivity index (χ2v) is 12.6. The van der Waals surface area contributed by atoms with E-state index in [2.05, 4.69) is 79.4 Å². The molecule has 198 valence electrons. The zero-order valence-electron chi connectivity index (χ0n) is 24.6. The second-order valence-electron chi connectivity index (χ2n) is 12.6. The quantitative estimate of drug-likeness (QED) is 0.327. The summed E-state index contributed by atoms with van der Waals surface area (Å²) in [7, 11) is 0. The highest BCUT2D eigenvalue weighted by Gasteiger charge is 2.16. The number of aryl methyl sites for hydroxylation is 3. The first-order valence-electron chi connectivity index (χ1n) is 12.8. The molecule has 3 rings (SSSR count). The molecule has 0 bridgehead atoms. The van der Waals surface area contributed by atoms with Crippen LogP contribution in [0.25, 0.3) is 0 Å². The first kappa shape index (κ1) is 31.5. The monoisotopic (exact) mass is 495 g/mol. The lowest BCUT2D eigenvalue weighted by Gasteiger charge is -2.19. The zero-order valence-corrected chi connectivity index (χ0v) is 24.6. The van der Waals surface area contributed by atoms with Crippen LogP contribution in [0.4, 0.5) is 8.78 Å². The maximum absolute atomic E-state index is 13.4. The van der Waals surface area contributed by atoms with Crippen molar-refractivity contribution < 1.29 is 8.78 Å². The van der Waals surface area contributed by atoms with Gasteiger partial charge in [0.25, 0.3) is 0 Å². The molecule has 1 aromatic heterocycles. The van der Waals surface area contributed by atoms with E-state index in [-0.39, 0.29) is 27.9 Å². The van der Waals surface area contributed by atoms with Gasteiger partial charge in [-0.3, -0.25) is 4.98 Å². The van der Waals surface area contributed by atoms with E-state index in [4.69, 9.17) is 0 Å². The molecule has 0 aliphatic carbocycles. The summed E-state index contributed by atoms with van der Waals surface area (Å²) in [6.07, 6.45) is 2.71. The van der Waals surface area contributed by atoms with E-state index in [1.165, 1.54) is 5.56 Å². The first-order valence-corrected chi connectivity index (χ1v) is 12.8. The van der Waals surface area contributed by atoms with Crippen molar-refractivity contribution in [1.29, 1.82) is 0 Å². The Bertz CT molecular complexity index is 1090. The van der Waals surface area contributed by atoms with Gasteiger partial charge in [0.2, 0.25) is 0 Å². The van der Waals surface area contributed by atoms with Crippen LogP contribution in [0.2, 0.25) is 0 Å². The van der Waals surface area contributed by atoms with Crippen molar-refractivity contribution in [2.45, 2.75) is 106 Å². The molecule has 0 unspecified atom stereocenters. The maximum Gasteiger partial charge on any atom is 0.126 e. The number of hydrogen-bond donors (Lipinski definition) is 0. The summed E-state index contributed by atoms with van der Waals surface area (Å²) in [5.41, 5.74) is 6.28. The summed E-state index contributed by atoms with van der Waals surface area (Å²) < 4.78 is 26.5. The van der Waals surface area contributed by atoms with E-state index < -0.39 is 0 Å². The van der Waals surface area contributed by atoms with Crippen LogP contribution in [0.1, 0.15) is 103 Å². The topological polar surface area (TPSA) is 12.9 Å². The van der Waals surface area contributed by atoms with Crippen molar-refractivity contribution >= 4 is 0 Å². The highest BCUT2D eigenvalue weighted by atomic mass is 19.1. The molecule has 2 aromatic carbocycles. The first-order chi connectivity index (χ1) is 16.4. The van der Waals surface area contributed by atoms with Crippen molar-refractivity contribution in [2.75, 3.05) is 0 Å². The Balaban J connectivity index is 0.000000271. The highest BCUT2D eigenvalue weighted by molar-refractivity contribution is 5.29. The number of aromatic nitrogens is 1. The number of benzene rings is 2. The van der Waals surface area contributed by atoms with Gasteiger partial charge in [0, 0.05) is 11.9 Å². The molecule has 0 fully saturated rings. The van der Waals surface area contributed by atoms with E-state index in [9.17, 15) is 8.78 Å². The summed E-state index contributed by atoms with van der Waals surface area (Å²) in [4.78, 5) is 4.25. The Labute approximate surface area is 219 Å². The fourth-order valence-corrected chi connectivity index (χ4v) is 3.27. The Hall–Kier alpha value is -2.55. The minimum atomic E-state index is -0.109. The Morgan fingerprint density at radius 3 is 1.42 bits per heavy atom. The lowest BCUT2D eigenvalue weighted by Crippen LogP contribution is -2.11. The third-order valence-electron chi connectivity index (χ3n) is 6.12. The molecule has 0 spiro atoms. The molecular weight excluding hydrogens is 448 g/mol. The Morgan fingerprint density at radius 2 is 1.06 bits per heavy atom. The third-order valence-corrected chi connectivity index (χ3v) is 6.12. The summed E-state index contributed by atoms with van der Waals surface area (Å²) in [6.45, 7) is 24.8. The van der Waals surface area contributed by atoms with Crippen LogP contribution >= 0.6 is 0 Å². The van der Waals surface area contributed by atoms with Crippen molar-refractivity contribution in [3.8, 4) is 0 Å². The third kappa shape index (κ3) is 10.2. The molecule has 0 N–H and O–H groups in total. The standard InChI is InChI=1S/C12H17F.C11H15F.C10H15N/c1-5-9-6-7-10(8-11(9)13)12(2,3)4;1-8-5-6-9(7-10(8)12)11(2,3)4;1-8-5-6-9(7-11-8)10(2,3)4/h6-8H,5H2,1-4H3;5-7H,1-4H3;5-7H,1-4H3. The van der Waals surface area contributed by atoms with Gasteiger partial charge in [-0.15, -0.1) is 0 Å². The molecule has 36 heavy (non-hydrogen) atoms. The van der Waals surface area contributed by atoms with Crippen LogP contribution < -0.4 is 0 Å². The molecule has 1 heterocycles. The van der Waals surface area contributed by atoms with Crippen LogP contribution in [0, 0.1) is 25.5 Å². The van der Waals surface area contributed by atoms with Gasteiger partial charge in [-0.1, -0.05) is 99.6 Å². The van der Waals surface area contributed by atoms with E-state index in [0.29, 0.717) is 5.56 Å². The lowest BCUT2D eigenvalue weighted by atomic mass is 9.86. The molecule has 0 atom stereocenters. The summed E-state index contributed by atoms with van der Waals surface area (Å²) in [5.74, 6) is -0.183. The number of rotatable bonds is 1. The van der Waals surface area contributed by atoms with Crippen LogP contribution in [-0.2, 0) is 22.7 Å². The van der Waals surface area contributed by atoms with Crippen molar-refractivity contribution in [3.05, 3.63) is 99.9 Å². The predicted molar refractivity (Wildman–Crippen MR) is 152 cm³/mol. The van der Waals surface area contributed by atoms with E-state index >= 15 is 0 Å². The number of halogens is 2. The highest BCUT2D eigenvalue weighted by Crippen LogP contribution is 2.25. The van der Waals surface area contributed by atoms with Crippen LogP contribution in [0.5, 0.6) is 0 Å². The van der Waals surface area contributed by atoms with Gasteiger partial charge in [-0.2, -0.15) is 0 Å². The number of pyridine rings is 1. The average Bonchev–Trinajstić information content (AvgIpc) is 2.75. The number of nitrogens with zero attached hydrogens (tertiary/aromatic N) is 1. The smallest absolute Gasteiger partial charge is 0.126 e. The molecule has 0 aliphatic rings. The molecular formula is C33H47F2N. The van der Waals surface area contributed by atoms with E-state index in [0.717, 1.165) is 28.8 Å². The number of hydrogen-bond acceptors (Lipinski definition) is 1. The van der Waals surface area contributed by atoms with Crippen LogP contribution in [0.15, 0.2) is 54.7 Å². The van der Waals surface area contributed by atoms with Crippen LogP contribution in [-0.4, -0.2) is 4.98 Å². The van der Waals surface area contributed by atoms with Gasteiger partial charge < -0.3 is 0 Å². The fourth-order valence-electron chi connectivity index (χ4n) is 3.27. The SMILES string of the molecule is CCc1ccc(C(C)(C)C)cc1F.Cc1ccc(C(C)(C)C)cc1F.Cc1ccc(C(C)(C)C)cn1. The van der Waals surface area contributed by atoms with Crippen LogP contribution in [0.3, 0.4) is 0 Å². The molecule has 3 heteroatoms. The Kier molecular flexibility index (Phi) is 11.0. The largest absolute Gasteiger partial charge is 0.261 e. The van der Waals surface area contributed by atoms with E-state index in [1.807, 2.05) is 44.3 Å². The van der Waals surface area contributed by atoms with Crippen molar-refractivity contribution in [1.82, 2.24) is 4.98 Å². The summed E-state index contributed by atoms with van der Waals surface area (Å²) >= 11 is 0. The van der Waals surface area contributed by atoms with Gasteiger partial charge >= 0.3 is 0 Å². The molecule has 0 amide bonds. The van der Waals surface area contributed by atoms with Gasteiger partial charge in [0.05, 0.1) is 0 Å². The van der Waals surface area contributed by atoms with Gasteiger partial charge in [0.15, 0.2) is 0 Å². The molecule has 0 saturated heterocycles. The summed E-state index contributed by atoms with van der Waals surface area (Å²) in [6, 6.07) is 15.2. The van der Waals surface area contributed by atoms with Crippen molar-refractivity contribution in [2.24, 2.45) is 0 Å². The Morgan fingerprint density at radius 1 is 0.611 bits per heavy atom.